The van der Waals surface area contributed by atoms with Crippen molar-refractivity contribution in [2.24, 2.45) is 0 Å². The molecule has 0 radical (unpaired) electrons. The van der Waals surface area contributed by atoms with E-state index in [0.717, 1.165) is 26.1 Å². The average Bonchev–Trinajstić information content (AvgIpc) is 3.32. The van der Waals surface area contributed by atoms with Crippen LogP contribution < -0.4 is 4.90 Å². The Balaban J connectivity index is 1.48. The fourth-order valence-electron chi connectivity index (χ4n) is 4.84. The summed E-state index contributed by atoms with van der Waals surface area (Å²) in [7, 11) is 1.77. The SMILES string of the molecule is CCN1CCCc2cc(CN(Sc3ccc(CCOC)cc3)C3CCCC3)ccc21. The van der Waals surface area contributed by atoms with E-state index in [-0.39, 0.29) is 0 Å². The largest absolute Gasteiger partial charge is 0.384 e. The molecule has 0 aromatic heterocycles. The molecule has 0 spiro atoms. The summed E-state index contributed by atoms with van der Waals surface area (Å²) in [6.45, 7) is 6.39. The zero-order valence-electron chi connectivity index (χ0n) is 18.6. The van der Waals surface area contributed by atoms with Gasteiger partial charge in [-0.1, -0.05) is 37.1 Å². The van der Waals surface area contributed by atoms with Gasteiger partial charge in [0.05, 0.1) is 6.61 Å². The van der Waals surface area contributed by atoms with Crippen molar-refractivity contribution in [3.63, 3.8) is 0 Å². The lowest BCUT2D eigenvalue weighted by Gasteiger charge is -2.32. The highest BCUT2D eigenvalue weighted by Crippen LogP contribution is 2.35. The predicted molar refractivity (Wildman–Crippen MR) is 128 cm³/mol. The van der Waals surface area contributed by atoms with Crippen molar-refractivity contribution in [3.8, 4) is 0 Å². The molecule has 3 nitrogen and oxygen atoms in total. The number of methoxy groups -OCH3 is 1. The summed E-state index contributed by atoms with van der Waals surface area (Å²) in [5, 5.41) is 0. The number of rotatable bonds is 9. The number of hydrogen-bond donors (Lipinski definition) is 0. The summed E-state index contributed by atoms with van der Waals surface area (Å²) >= 11 is 1.95. The molecule has 2 aromatic rings. The maximum absolute atomic E-state index is 5.21. The molecule has 1 heterocycles. The molecule has 0 bridgehead atoms. The van der Waals surface area contributed by atoms with Gasteiger partial charge in [-0.2, -0.15) is 0 Å². The minimum Gasteiger partial charge on any atom is -0.384 e. The van der Waals surface area contributed by atoms with E-state index in [1.54, 1.807) is 12.7 Å². The van der Waals surface area contributed by atoms with Crippen LogP contribution in [0.5, 0.6) is 0 Å². The molecular formula is C26H36N2OS. The molecule has 0 saturated heterocycles. The van der Waals surface area contributed by atoms with Gasteiger partial charge >= 0.3 is 0 Å². The van der Waals surface area contributed by atoms with Crippen LogP contribution in [0, 0.1) is 0 Å². The number of nitrogens with zero attached hydrogens (tertiary/aromatic N) is 2. The number of anilines is 1. The summed E-state index contributed by atoms with van der Waals surface area (Å²) in [4.78, 5) is 3.87. The van der Waals surface area contributed by atoms with E-state index in [1.807, 2.05) is 11.9 Å². The fourth-order valence-corrected chi connectivity index (χ4v) is 5.94. The van der Waals surface area contributed by atoms with Gasteiger partial charge in [-0.3, -0.25) is 0 Å². The van der Waals surface area contributed by atoms with Gasteiger partial charge in [0.2, 0.25) is 0 Å². The van der Waals surface area contributed by atoms with Crippen molar-refractivity contribution >= 4 is 17.6 Å². The van der Waals surface area contributed by atoms with Crippen LogP contribution in [-0.2, 0) is 24.1 Å². The van der Waals surface area contributed by atoms with Crippen molar-refractivity contribution in [3.05, 3.63) is 59.2 Å². The van der Waals surface area contributed by atoms with Gasteiger partial charge in [-0.25, -0.2) is 4.31 Å². The van der Waals surface area contributed by atoms with E-state index in [4.69, 9.17) is 4.74 Å². The van der Waals surface area contributed by atoms with Gasteiger partial charge in [-0.05, 0) is 85.9 Å². The highest BCUT2D eigenvalue weighted by Gasteiger charge is 2.24. The molecule has 0 unspecified atom stereocenters. The van der Waals surface area contributed by atoms with E-state index in [0.29, 0.717) is 6.04 Å². The summed E-state index contributed by atoms with van der Waals surface area (Å²) in [5.74, 6) is 0. The van der Waals surface area contributed by atoms with E-state index in [9.17, 15) is 0 Å². The molecule has 1 aliphatic carbocycles. The Hall–Kier alpha value is -1.49. The Morgan fingerprint density at radius 1 is 1.03 bits per heavy atom. The average molecular weight is 425 g/mol. The summed E-state index contributed by atoms with van der Waals surface area (Å²) in [6, 6.07) is 17.0. The quantitative estimate of drug-likeness (QED) is 0.452. The Kier molecular flexibility index (Phi) is 7.75. The topological polar surface area (TPSA) is 15.7 Å². The molecule has 1 aliphatic heterocycles. The number of ether oxygens (including phenoxy) is 1. The zero-order chi connectivity index (χ0) is 20.8. The van der Waals surface area contributed by atoms with Gasteiger partial charge in [0.1, 0.15) is 0 Å². The van der Waals surface area contributed by atoms with Crippen LogP contribution >= 0.6 is 11.9 Å². The first-order valence-electron chi connectivity index (χ1n) is 11.7. The minimum atomic E-state index is 0.686. The maximum atomic E-state index is 5.21. The molecule has 4 rings (SSSR count). The van der Waals surface area contributed by atoms with E-state index < -0.39 is 0 Å². The second-order valence-electron chi connectivity index (χ2n) is 8.64. The van der Waals surface area contributed by atoms with Gasteiger partial charge < -0.3 is 9.64 Å². The van der Waals surface area contributed by atoms with Gasteiger partial charge in [0.25, 0.3) is 0 Å². The molecule has 162 valence electrons. The van der Waals surface area contributed by atoms with Crippen LogP contribution in [0.1, 0.15) is 55.7 Å². The third kappa shape index (κ3) is 5.40. The molecule has 1 fully saturated rings. The number of aryl methyl sites for hydroxylation is 1. The molecule has 30 heavy (non-hydrogen) atoms. The van der Waals surface area contributed by atoms with Crippen molar-refractivity contribution in [2.75, 3.05) is 31.7 Å². The lowest BCUT2D eigenvalue weighted by atomic mass is 9.99. The first-order valence-corrected chi connectivity index (χ1v) is 12.4. The molecular weight excluding hydrogens is 388 g/mol. The van der Waals surface area contributed by atoms with E-state index in [2.05, 4.69) is 58.6 Å². The standard InChI is InChI=1S/C26H36N2OS/c1-3-27-17-6-7-23-19-22(12-15-26(23)27)20-28(24-8-4-5-9-24)30-25-13-10-21(11-14-25)16-18-29-2/h10-15,19,24H,3-9,16-18,20H2,1-2H3. The molecule has 0 amide bonds. The van der Waals surface area contributed by atoms with Crippen molar-refractivity contribution < 1.29 is 4.74 Å². The summed E-state index contributed by atoms with van der Waals surface area (Å²) in [5.41, 5.74) is 5.81. The van der Waals surface area contributed by atoms with Crippen LogP contribution in [0.3, 0.4) is 0 Å². The van der Waals surface area contributed by atoms with E-state index >= 15 is 0 Å². The first kappa shape index (κ1) is 21.7. The Morgan fingerprint density at radius 3 is 2.53 bits per heavy atom. The molecule has 0 N–H and O–H groups in total. The molecule has 4 heteroatoms. The summed E-state index contributed by atoms with van der Waals surface area (Å²) < 4.78 is 7.86. The predicted octanol–water partition coefficient (Wildman–Crippen LogP) is 6.10. The second kappa shape index (κ2) is 10.7. The first-order chi connectivity index (χ1) is 14.8. The lowest BCUT2D eigenvalue weighted by molar-refractivity contribution is 0.202. The normalized spacial score (nSPS) is 17.0. The minimum absolute atomic E-state index is 0.686. The molecule has 1 saturated carbocycles. The molecule has 2 aromatic carbocycles. The number of fused-ring (bicyclic) bond motifs is 1. The van der Waals surface area contributed by atoms with Crippen molar-refractivity contribution in [1.29, 1.82) is 0 Å². The third-order valence-corrected chi connectivity index (χ3v) is 7.70. The van der Waals surface area contributed by atoms with Crippen LogP contribution in [0.15, 0.2) is 47.4 Å². The Morgan fingerprint density at radius 2 is 1.80 bits per heavy atom. The third-order valence-electron chi connectivity index (χ3n) is 6.55. The highest BCUT2D eigenvalue weighted by atomic mass is 32.2. The molecule has 0 atom stereocenters. The van der Waals surface area contributed by atoms with Crippen LogP contribution in [0.4, 0.5) is 5.69 Å². The highest BCUT2D eigenvalue weighted by molar-refractivity contribution is 7.97. The Labute approximate surface area is 186 Å². The van der Waals surface area contributed by atoms with Crippen LogP contribution in [0.25, 0.3) is 0 Å². The van der Waals surface area contributed by atoms with Gasteiger partial charge in [0.15, 0.2) is 0 Å². The maximum Gasteiger partial charge on any atom is 0.0502 e. The number of benzene rings is 2. The Bertz CT molecular complexity index is 801. The van der Waals surface area contributed by atoms with Gasteiger partial charge in [0, 0.05) is 43.4 Å². The van der Waals surface area contributed by atoms with E-state index in [1.165, 1.54) is 66.8 Å². The monoisotopic (exact) mass is 424 g/mol. The number of hydrogen-bond acceptors (Lipinski definition) is 4. The molecule has 2 aliphatic rings. The van der Waals surface area contributed by atoms with Crippen LogP contribution in [0.2, 0.25) is 0 Å². The second-order valence-corrected chi connectivity index (χ2v) is 9.76. The lowest BCUT2D eigenvalue weighted by Crippen LogP contribution is -2.29. The van der Waals surface area contributed by atoms with Crippen molar-refractivity contribution in [1.82, 2.24) is 4.31 Å². The smallest absolute Gasteiger partial charge is 0.0502 e. The zero-order valence-corrected chi connectivity index (χ0v) is 19.4. The van der Waals surface area contributed by atoms with Crippen LogP contribution in [-0.4, -0.2) is 37.2 Å². The van der Waals surface area contributed by atoms with Crippen molar-refractivity contribution in [2.45, 2.75) is 69.4 Å². The fraction of sp³-hybridized carbons (Fsp3) is 0.538. The van der Waals surface area contributed by atoms with Gasteiger partial charge in [-0.15, -0.1) is 0 Å². The summed E-state index contributed by atoms with van der Waals surface area (Å²) in [6.07, 6.45) is 8.87.